The molecule has 0 atom stereocenters. The number of hydrogen-bond donors (Lipinski definition) is 2. The third-order valence-corrected chi connectivity index (χ3v) is 8.91. The van der Waals surface area contributed by atoms with Crippen LogP contribution in [0.15, 0.2) is 75.5 Å². The van der Waals surface area contributed by atoms with E-state index in [4.69, 9.17) is 16.3 Å². The maximum Gasteiger partial charge on any atom is 0.417 e. The Labute approximate surface area is 259 Å². The Kier molecular flexibility index (Phi) is 9.46. The quantitative estimate of drug-likeness (QED) is 0.264. The van der Waals surface area contributed by atoms with Crippen molar-refractivity contribution >= 4 is 44.9 Å². The molecule has 0 spiro atoms. The molecule has 0 saturated carbocycles. The van der Waals surface area contributed by atoms with Crippen molar-refractivity contribution in [1.29, 1.82) is 0 Å². The van der Waals surface area contributed by atoms with E-state index in [0.29, 0.717) is 11.4 Å². The summed E-state index contributed by atoms with van der Waals surface area (Å²) in [4.78, 5) is 21.0. The molecule has 8 nitrogen and oxygen atoms in total. The number of rotatable bonds is 7. The van der Waals surface area contributed by atoms with Crippen LogP contribution in [-0.4, -0.2) is 43.6 Å². The van der Waals surface area contributed by atoms with E-state index in [1.54, 1.807) is 45.0 Å². The fourth-order valence-corrected chi connectivity index (χ4v) is 5.60. The maximum atomic E-state index is 14.2. The number of halogens is 4. The number of ether oxygens (including phenoxy) is 1. The highest BCUT2D eigenvalue weighted by atomic mass is 35.5. The Morgan fingerprint density at radius 2 is 1.70 bits per heavy atom. The van der Waals surface area contributed by atoms with Gasteiger partial charge in [0.2, 0.25) is 5.96 Å². The van der Waals surface area contributed by atoms with Gasteiger partial charge in [-0.15, -0.1) is 0 Å². The average Bonchev–Trinajstić information content (AvgIpc) is 3.37. The van der Waals surface area contributed by atoms with Crippen molar-refractivity contribution < 1.29 is 31.1 Å². The Balaban J connectivity index is 1.46. The first-order chi connectivity index (χ1) is 20.4. The lowest BCUT2D eigenvalue weighted by atomic mass is 9.98. The molecule has 0 unspecified atom stereocenters. The van der Waals surface area contributed by atoms with Gasteiger partial charge in [0.1, 0.15) is 18.0 Å². The van der Waals surface area contributed by atoms with E-state index >= 15 is 0 Å². The van der Waals surface area contributed by atoms with Crippen molar-refractivity contribution in [2.45, 2.75) is 63.1 Å². The van der Waals surface area contributed by atoms with Crippen LogP contribution in [0, 0.1) is 0 Å². The number of aliphatic imine (C=N–C) groups is 2. The Morgan fingerprint density at radius 1 is 1.07 bits per heavy atom. The van der Waals surface area contributed by atoms with E-state index in [9.17, 15) is 26.4 Å². The van der Waals surface area contributed by atoms with Gasteiger partial charge in [0, 0.05) is 11.3 Å². The molecule has 0 fully saturated rings. The lowest BCUT2D eigenvalue weighted by Crippen LogP contribution is -2.30. The van der Waals surface area contributed by atoms with E-state index in [0.717, 1.165) is 11.6 Å². The van der Waals surface area contributed by atoms with Crippen molar-refractivity contribution in [1.82, 2.24) is 5.32 Å². The highest BCUT2D eigenvalue weighted by Gasteiger charge is 2.36. The Bertz CT molecular complexity index is 1710. The highest BCUT2D eigenvalue weighted by molar-refractivity contribution is 7.92. The number of alkyl halides is 3. The summed E-state index contributed by atoms with van der Waals surface area (Å²) in [6.07, 6.45) is -4.75. The van der Waals surface area contributed by atoms with Crippen LogP contribution in [0.1, 0.15) is 56.1 Å². The lowest BCUT2D eigenvalue weighted by molar-refractivity contribution is -0.137. The van der Waals surface area contributed by atoms with Gasteiger partial charge in [-0.3, -0.25) is 4.99 Å². The van der Waals surface area contributed by atoms with Gasteiger partial charge in [-0.25, -0.2) is 18.2 Å². The number of nitrogens with one attached hydrogen (secondary N) is 2. The third kappa shape index (κ3) is 7.97. The number of nitrogens with zero attached hydrogens (tertiary/aromatic N) is 2. The molecule has 0 aromatic heterocycles. The van der Waals surface area contributed by atoms with Crippen molar-refractivity contribution in [2.24, 2.45) is 9.98 Å². The number of anilines is 1. The van der Waals surface area contributed by atoms with Gasteiger partial charge in [0.05, 0.1) is 32.8 Å². The fourth-order valence-electron chi connectivity index (χ4n) is 4.22. The summed E-state index contributed by atoms with van der Waals surface area (Å²) < 4.78 is 72.8. The topological polar surface area (TPSA) is 109 Å². The van der Waals surface area contributed by atoms with Crippen molar-refractivity contribution in [3.05, 3.63) is 82.4 Å². The average molecular weight is 649 g/mol. The molecular formula is C31H32ClF3N4O4S. The smallest absolute Gasteiger partial charge is 0.417 e. The molecule has 1 heterocycles. The largest absolute Gasteiger partial charge is 0.456 e. The minimum Gasteiger partial charge on any atom is -0.456 e. The molecule has 0 aliphatic carbocycles. The number of esters is 1. The first kappa shape index (κ1) is 33.0. The number of benzene rings is 3. The summed E-state index contributed by atoms with van der Waals surface area (Å²) in [7, 11) is -3.59. The van der Waals surface area contributed by atoms with Crippen LogP contribution in [0.25, 0.3) is 11.1 Å². The van der Waals surface area contributed by atoms with E-state index in [-0.39, 0.29) is 45.8 Å². The Hall–Kier alpha value is -3.90. The van der Waals surface area contributed by atoms with Crippen LogP contribution in [0.5, 0.6) is 0 Å². The first-order valence-corrected chi connectivity index (χ1v) is 15.6. The van der Waals surface area contributed by atoms with Crippen LogP contribution in [0.3, 0.4) is 0 Å². The van der Waals surface area contributed by atoms with Crippen molar-refractivity contribution in [3.63, 3.8) is 0 Å². The van der Waals surface area contributed by atoms with Gasteiger partial charge >= 0.3 is 12.1 Å². The van der Waals surface area contributed by atoms with Gasteiger partial charge in [-0.2, -0.15) is 13.2 Å². The summed E-state index contributed by atoms with van der Waals surface area (Å²) in [5.41, 5.74) is -0.426. The fraction of sp³-hybridized carbons (Fsp3) is 0.323. The molecule has 3 aromatic rings. The third-order valence-electron chi connectivity index (χ3n) is 6.44. The number of hydrogen-bond acceptors (Lipinski definition) is 7. The number of amidine groups is 1. The van der Waals surface area contributed by atoms with Crippen molar-refractivity contribution in [3.8, 4) is 11.1 Å². The van der Waals surface area contributed by atoms with Crippen LogP contribution in [0.4, 0.5) is 18.9 Å². The summed E-state index contributed by atoms with van der Waals surface area (Å²) >= 11 is 6.38. The number of sulfone groups is 1. The molecule has 0 bridgehead atoms. The molecule has 3 aromatic carbocycles. The van der Waals surface area contributed by atoms with E-state index in [2.05, 4.69) is 20.6 Å². The lowest BCUT2D eigenvalue weighted by Gasteiger charge is -2.19. The number of carbonyl (C=O) groups excluding carboxylic acids is 1. The normalized spacial score (nSPS) is 14.9. The second kappa shape index (κ2) is 12.6. The summed E-state index contributed by atoms with van der Waals surface area (Å²) in [6.45, 7) is 8.90. The van der Waals surface area contributed by atoms with Gasteiger partial charge in [-0.05, 0) is 82.1 Å². The number of guanidine groups is 1. The second-order valence-corrected chi connectivity index (χ2v) is 14.3. The summed E-state index contributed by atoms with van der Waals surface area (Å²) in [6, 6.07) is 14.3. The Morgan fingerprint density at radius 3 is 2.27 bits per heavy atom. The molecule has 13 heteroatoms. The molecule has 1 aliphatic heterocycles. The van der Waals surface area contributed by atoms with E-state index < -0.39 is 38.4 Å². The van der Waals surface area contributed by atoms with Crippen molar-refractivity contribution in [2.75, 3.05) is 11.9 Å². The molecule has 4 rings (SSSR count). The molecule has 2 N–H and O–H groups in total. The highest BCUT2D eigenvalue weighted by Crippen LogP contribution is 2.43. The van der Waals surface area contributed by atoms with E-state index in [1.807, 2.05) is 0 Å². The molecule has 44 heavy (non-hydrogen) atoms. The second-order valence-electron chi connectivity index (χ2n) is 11.4. The van der Waals surface area contributed by atoms with Gasteiger partial charge in [-0.1, -0.05) is 35.9 Å². The summed E-state index contributed by atoms with van der Waals surface area (Å²) in [5.74, 6) is 0.275. The molecule has 0 radical (unpaired) electrons. The minimum atomic E-state index is -4.75. The minimum absolute atomic E-state index is 0.0137. The van der Waals surface area contributed by atoms with Gasteiger partial charge in [0.25, 0.3) is 0 Å². The van der Waals surface area contributed by atoms with Crippen LogP contribution in [0.2, 0.25) is 5.02 Å². The summed E-state index contributed by atoms with van der Waals surface area (Å²) in [5, 5.41) is 4.92. The first-order valence-electron chi connectivity index (χ1n) is 13.6. The zero-order valence-corrected chi connectivity index (χ0v) is 26.3. The maximum absolute atomic E-state index is 14.2. The molecule has 0 amide bonds. The predicted molar refractivity (Wildman–Crippen MR) is 166 cm³/mol. The van der Waals surface area contributed by atoms with Crippen LogP contribution in [-0.2, 0) is 27.3 Å². The van der Waals surface area contributed by atoms with Crippen LogP contribution < -0.4 is 10.6 Å². The monoisotopic (exact) mass is 648 g/mol. The van der Waals surface area contributed by atoms with Gasteiger partial charge < -0.3 is 15.4 Å². The standard InChI is InChI=1S/C31H32ClF3N4O4S/c1-18(2)44(41,42)23-12-10-20(11-13-23)27-24(31(33,34)35)14-22(15-25(27)32)38-29-37-17-26(39-29)36-16-19-6-8-21(9-7-19)28(40)43-30(3,4)5/h6-15,18H,16-17H2,1-5H3,(H2,36,37,38,39). The molecule has 0 saturated heterocycles. The molecule has 1 aliphatic rings. The predicted octanol–water partition coefficient (Wildman–Crippen LogP) is 7.13. The SMILES string of the molecule is CC(C)S(=O)(=O)c1ccc(-c2c(Cl)cc(NC3=NCC(=NCc4ccc(C(=O)OC(C)(C)C)cc4)N3)cc2C(F)(F)F)cc1. The van der Waals surface area contributed by atoms with Gasteiger partial charge in [0.15, 0.2) is 9.84 Å². The molecular weight excluding hydrogens is 617 g/mol. The molecule has 234 valence electrons. The van der Waals surface area contributed by atoms with Crippen LogP contribution >= 0.6 is 11.6 Å². The zero-order chi connectivity index (χ0) is 32.4. The van der Waals surface area contributed by atoms with E-state index in [1.165, 1.54) is 44.2 Å². The zero-order valence-electron chi connectivity index (χ0n) is 24.7. The number of carbonyl (C=O) groups is 1.